The molecule has 2 aromatic carbocycles. The van der Waals surface area contributed by atoms with E-state index in [-0.39, 0.29) is 29.7 Å². The second kappa shape index (κ2) is 8.59. The van der Waals surface area contributed by atoms with Gasteiger partial charge in [0.2, 0.25) is 15.9 Å². The molecule has 2 rings (SSSR count). The molecule has 8 heteroatoms. The van der Waals surface area contributed by atoms with Crippen molar-refractivity contribution in [3.05, 3.63) is 59.7 Å². The second-order valence-electron chi connectivity index (χ2n) is 5.66. The van der Waals surface area contributed by atoms with E-state index in [0.29, 0.717) is 11.3 Å². The smallest absolute Gasteiger partial charge is 0.251 e. The van der Waals surface area contributed by atoms with Crippen LogP contribution >= 0.6 is 0 Å². The lowest BCUT2D eigenvalue weighted by Gasteiger charge is -2.08. The number of hydrogen-bond acceptors (Lipinski definition) is 4. The zero-order valence-electron chi connectivity index (χ0n) is 14.6. The van der Waals surface area contributed by atoms with Gasteiger partial charge < -0.3 is 10.6 Å². The van der Waals surface area contributed by atoms with Crippen molar-refractivity contribution in [3.63, 3.8) is 0 Å². The summed E-state index contributed by atoms with van der Waals surface area (Å²) in [5, 5.41) is 5.35. The quantitative estimate of drug-likeness (QED) is 0.684. The molecule has 0 atom stereocenters. The molecule has 0 saturated carbocycles. The number of sulfonamides is 1. The molecule has 0 radical (unpaired) electrons. The molecule has 0 heterocycles. The summed E-state index contributed by atoms with van der Waals surface area (Å²) in [7, 11) is -2.18. The molecule has 7 nitrogen and oxygen atoms in total. The number of benzene rings is 2. The molecule has 0 aliphatic carbocycles. The summed E-state index contributed by atoms with van der Waals surface area (Å²) in [4.78, 5) is 24.0. The fourth-order valence-electron chi connectivity index (χ4n) is 2.24. The molecule has 138 valence electrons. The number of anilines is 1. The van der Waals surface area contributed by atoms with E-state index >= 15 is 0 Å². The first kappa shape index (κ1) is 19.6. The largest absolute Gasteiger partial charge is 0.352 e. The number of amides is 2. The highest BCUT2D eigenvalue weighted by atomic mass is 32.2. The van der Waals surface area contributed by atoms with Crippen LogP contribution in [0.5, 0.6) is 0 Å². The van der Waals surface area contributed by atoms with Crippen LogP contribution in [-0.4, -0.2) is 33.8 Å². The van der Waals surface area contributed by atoms with Crippen molar-refractivity contribution in [2.75, 3.05) is 18.9 Å². The fraction of sp³-hybridized carbons (Fsp3) is 0.222. The Morgan fingerprint density at radius 1 is 1.04 bits per heavy atom. The predicted molar refractivity (Wildman–Crippen MR) is 99.4 cm³/mol. The maximum Gasteiger partial charge on any atom is 0.251 e. The van der Waals surface area contributed by atoms with Crippen LogP contribution in [0.3, 0.4) is 0 Å². The van der Waals surface area contributed by atoms with Crippen molar-refractivity contribution in [3.8, 4) is 0 Å². The third-order valence-corrected chi connectivity index (χ3v) is 5.07. The first-order chi connectivity index (χ1) is 12.3. The zero-order chi connectivity index (χ0) is 19.2. The van der Waals surface area contributed by atoms with Crippen LogP contribution in [0.25, 0.3) is 0 Å². The molecule has 0 spiro atoms. The van der Waals surface area contributed by atoms with Crippen molar-refractivity contribution in [1.82, 2.24) is 10.0 Å². The van der Waals surface area contributed by atoms with Gasteiger partial charge in [0.25, 0.3) is 5.91 Å². The number of nitrogens with one attached hydrogen (secondary N) is 3. The number of carbonyl (C=O) groups excluding carboxylic acids is 2. The molecule has 0 aliphatic rings. The summed E-state index contributed by atoms with van der Waals surface area (Å²) in [6, 6.07) is 13.0. The Hall–Kier alpha value is -2.71. The van der Waals surface area contributed by atoms with Crippen LogP contribution in [0.2, 0.25) is 0 Å². The molecule has 0 fully saturated rings. The van der Waals surface area contributed by atoms with E-state index in [4.69, 9.17) is 0 Å². The van der Waals surface area contributed by atoms with Crippen molar-refractivity contribution in [2.45, 2.75) is 18.2 Å². The highest BCUT2D eigenvalue weighted by Crippen LogP contribution is 2.13. The fourth-order valence-corrected chi connectivity index (χ4v) is 2.97. The van der Waals surface area contributed by atoms with Gasteiger partial charge in [-0.15, -0.1) is 0 Å². The lowest BCUT2D eigenvalue weighted by Crippen LogP contribution is -2.27. The van der Waals surface area contributed by atoms with Crippen molar-refractivity contribution < 1.29 is 18.0 Å². The predicted octanol–water partition coefficient (Wildman–Crippen LogP) is 1.66. The Balaban J connectivity index is 1.83. The topological polar surface area (TPSA) is 104 Å². The molecule has 26 heavy (non-hydrogen) atoms. The molecule has 0 aliphatic heterocycles. The van der Waals surface area contributed by atoms with E-state index in [1.165, 1.54) is 31.3 Å². The molecule has 0 aromatic heterocycles. The molecule has 2 aromatic rings. The van der Waals surface area contributed by atoms with Crippen molar-refractivity contribution >= 4 is 27.5 Å². The van der Waals surface area contributed by atoms with Gasteiger partial charge in [-0.05, 0) is 50.4 Å². The van der Waals surface area contributed by atoms with E-state index in [9.17, 15) is 18.0 Å². The van der Waals surface area contributed by atoms with Crippen LogP contribution < -0.4 is 15.4 Å². The molecule has 0 saturated heterocycles. The minimum Gasteiger partial charge on any atom is -0.352 e. The van der Waals surface area contributed by atoms with Gasteiger partial charge in [-0.25, -0.2) is 13.1 Å². The van der Waals surface area contributed by atoms with E-state index in [1.807, 2.05) is 13.0 Å². The highest BCUT2D eigenvalue weighted by Gasteiger charge is 2.11. The summed E-state index contributed by atoms with van der Waals surface area (Å²) >= 11 is 0. The average molecular weight is 375 g/mol. The number of aryl methyl sites for hydroxylation is 1. The normalized spacial score (nSPS) is 11.0. The van der Waals surface area contributed by atoms with E-state index in [2.05, 4.69) is 15.4 Å². The number of hydrogen-bond donors (Lipinski definition) is 3. The Kier molecular flexibility index (Phi) is 6.48. The van der Waals surface area contributed by atoms with Crippen LogP contribution in [0.1, 0.15) is 22.3 Å². The summed E-state index contributed by atoms with van der Waals surface area (Å²) in [6.45, 7) is 2.10. The lowest BCUT2D eigenvalue weighted by atomic mass is 10.1. The number of rotatable bonds is 7. The van der Waals surface area contributed by atoms with Crippen molar-refractivity contribution in [1.29, 1.82) is 0 Å². The Labute approximate surface area is 152 Å². The Morgan fingerprint density at radius 3 is 2.35 bits per heavy atom. The standard InChI is InChI=1S/C18H21N3O4S/c1-13-4-3-5-14(12-13)18(23)20-11-10-17(22)21-15-6-8-16(9-7-15)26(24,25)19-2/h3-9,12,19H,10-11H2,1-2H3,(H,20,23)(H,21,22). The maximum absolute atomic E-state index is 12.0. The number of carbonyl (C=O) groups is 2. The lowest BCUT2D eigenvalue weighted by molar-refractivity contribution is -0.116. The second-order valence-corrected chi connectivity index (χ2v) is 7.54. The van der Waals surface area contributed by atoms with Gasteiger partial charge in [0, 0.05) is 24.2 Å². The van der Waals surface area contributed by atoms with E-state index in [0.717, 1.165) is 5.56 Å². The Morgan fingerprint density at radius 2 is 1.73 bits per heavy atom. The SMILES string of the molecule is CNS(=O)(=O)c1ccc(NC(=O)CCNC(=O)c2cccc(C)c2)cc1. The van der Waals surface area contributed by atoms with Gasteiger partial charge >= 0.3 is 0 Å². The van der Waals surface area contributed by atoms with Gasteiger partial charge in [0.15, 0.2) is 0 Å². The molecule has 0 unspecified atom stereocenters. The van der Waals surface area contributed by atoms with E-state index < -0.39 is 10.0 Å². The van der Waals surface area contributed by atoms with Gasteiger partial charge in [-0.1, -0.05) is 17.7 Å². The summed E-state index contributed by atoms with van der Waals surface area (Å²) < 4.78 is 25.5. The molecule has 2 amide bonds. The van der Waals surface area contributed by atoms with Crippen LogP contribution in [0, 0.1) is 6.92 Å². The third-order valence-electron chi connectivity index (χ3n) is 3.63. The Bertz CT molecular complexity index is 893. The van der Waals surface area contributed by atoms with Crippen LogP contribution in [-0.2, 0) is 14.8 Å². The summed E-state index contributed by atoms with van der Waals surface area (Å²) in [5.41, 5.74) is 2.01. The molecular weight excluding hydrogens is 354 g/mol. The van der Waals surface area contributed by atoms with Crippen LogP contribution in [0.15, 0.2) is 53.4 Å². The highest BCUT2D eigenvalue weighted by molar-refractivity contribution is 7.89. The molecular formula is C18H21N3O4S. The monoisotopic (exact) mass is 375 g/mol. The van der Waals surface area contributed by atoms with Crippen LogP contribution in [0.4, 0.5) is 5.69 Å². The van der Waals surface area contributed by atoms with Gasteiger partial charge in [0.05, 0.1) is 4.90 Å². The van der Waals surface area contributed by atoms with Gasteiger partial charge in [0.1, 0.15) is 0 Å². The zero-order valence-corrected chi connectivity index (χ0v) is 15.4. The molecule has 3 N–H and O–H groups in total. The first-order valence-electron chi connectivity index (χ1n) is 8.00. The summed E-state index contributed by atoms with van der Waals surface area (Å²) in [6.07, 6.45) is 0.105. The average Bonchev–Trinajstić information content (AvgIpc) is 2.62. The van der Waals surface area contributed by atoms with Crippen molar-refractivity contribution in [2.24, 2.45) is 0 Å². The maximum atomic E-state index is 12.0. The van der Waals surface area contributed by atoms with E-state index in [1.54, 1.807) is 18.2 Å². The third kappa shape index (κ3) is 5.40. The van der Waals surface area contributed by atoms with Gasteiger partial charge in [-0.3, -0.25) is 9.59 Å². The van der Waals surface area contributed by atoms with Gasteiger partial charge in [-0.2, -0.15) is 0 Å². The first-order valence-corrected chi connectivity index (χ1v) is 9.48. The minimum atomic E-state index is -3.51. The molecule has 0 bridgehead atoms. The minimum absolute atomic E-state index is 0.105. The summed E-state index contributed by atoms with van der Waals surface area (Å²) in [5.74, 6) is -0.512.